The predicted molar refractivity (Wildman–Crippen MR) is 77.2 cm³/mol. The van der Waals surface area contributed by atoms with E-state index >= 15 is 0 Å². The molecule has 6 heteroatoms. The molecule has 3 aromatic rings. The maximum Gasteiger partial charge on any atom is 0.273 e. The Morgan fingerprint density at radius 2 is 2.00 bits per heavy atom. The Morgan fingerprint density at radius 1 is 1.14 bits per heavy atom. The molecule has 0 atom stereocenters. The molecule has 0 unspecified atom stereocenters. The van der Waals surface area contributed by atoms with Crippen LogP contribution in [0, 0.1) is 0 Å². The van der Waals surface area contributed by atoms with Crippen LogP contribution in [-0.2, 0) is 6.54 Å². The number of nitrogens with one attached hydrogen (secondary N) is 2. The minimum absolute atomic E-state index is 0.252. The van der Waals surface area contributed by atoms with Gasteiger partial charge in [-0.15, -0.1) is 0 Å². The van der Waals surface area contributed by atoms with E-state index < -0.39 is 0 Å². The lowest BCUT2D eigenvalue weighted by molar-refractivity contribution is 0.0946. The third kappa shape index (κ3) is 3.11. The zero-order valence-electron chi connectivity index (χ0n) is 11.2. The van der Waals surface area contributed by atoms with Crippen molar-refractivity contribution in [3.05, 3.63) is 66.1 Å². The van der Waals surface area contributed by atoms with Crippen molar-refractivity contribution in [2.45, 2.75) is 6.54 Å². The van der Waals surface area contributed by atoms with Crippen molar-refractivity contribution in [1.29, 1.82) is 0 Å². The molecule has 0 aliphatic heterocycles. The monoisotopic (exact) mass is 279 g/mol. The Labute approximate surface area is 121 Å². The minimum atomic E-state index is -0.252. The van der Waals surface area contributed by atoms with Crippen LogP contribution in [-0.4, -0.2) is 26.3 Å². The molecule has 0 saturated carbocycles. The number of aromatic amines is 1. The second-order valence-electron chi connectivity index (χ2n) is 4.45. The number of pyridine rings is 1. The summed E-state index contributed by atoms with van der Waals surface area (Å²) >= 11 is 0. The molecule has 0 aliphatic carbocycles. The molecule has 0 radical (unpaired) electrons. The van der Waals surface area contributed by atoms with Gasteiger partial charge < -0.3 is 5.32 Å². The van der Waals surface area contributed by atoms with Crippen molar-refractivity contribution in [3.63, 3.8) is 0 Å². The lowest BCUT2D eigenvalue weighted by atomic mass is 10.1. The Balaban J connectivity index is 1.64. The highest BCUT2D eigenvalue weighted by molar-refractivity contribution is 5.91. The largest absolute Gasteiger partial charge is 0.347 e. The van der Waals surface area contributed by atoms with E-state index in [0.717, 1.165) is 16.8 Å². The van der Waals surface area contributed by atoms with Gasteiger partial charge in [-0.05, 0) is 17.7 Å². The van der Waals surface area contributed by atoms with Gasteiger partial charge in [0.05, 0.1) is 11.9 Å². The highest BCUT2D eigenvalue weighted by Crippen LogP contribution is 2.16. The Hall–Kier alpha value is -3.02. The van der Waals surface area contributed by atoms with Crippen LogP contribution in [0.2, 0.25) is 0 Å². The quantitative estimate of drug-likeness (QED) is 0.762. The third-order valence-corrected chi connectivity index (χ3v) is 3.02. The second-order valence-corrected chi connectivity index (χ2v) is 4.45. The summed E-state index contributed by atoms with van der Waals surface area (Å²) in [6.07, 6.45) is 3.15. The van der Waals surface area contributed by atoms with E-state index in [9.17, 15) is 4.79 Å². The van der Waals surface area contributed by atoms with Crippen molar-refractivity contribution >= 4 is 5.91 Å². The lowest BCUT2D eigenvalue weighted by Crippen LogP contribution is -2.23. The molecular formula is C15H13N5O. The molecular weight excluding hydrogens is 266 g/mol. The number of aromatic nitrogens is 4. The van der Waals surface area contributed by atoms with Gasteiger partial charge in [-0.2, -0.15) is 15.4 Å². The van der Waals surface area contributed by atoms with E-state index in [1.807, 2.05) is 42.5 Å². The van der Waals surface area contributed by atoms with Crippen LogP contribution in [0.3, 0.4) is 0 Å². The van der Waals surface area contributed by atoms with Crippen LogP contribution in [0.4, 0.5) is 0 Å². The third-order valence-electron chi connectivity index (χ3n) is 3.02. The average Bonchev–Trinajstić information content (AvgIpc) is 3.08. The van der Waals surface area contributed by atoms with E-state index in [4.69, 9.17) is 0 Å². The standard InChI is InChI=1S/C15H13N5O/c21-15(14-10-18-20-19-14)17-9-11-4-6-12(7-5-11)13-3-1-2-8-16-13/h1-8,10H,9H2,(H,17,21)(H,18,19,20). The van der Waals surface area contributed by atoms with Crippen LogP contribution >= 0.6 is 0 Å². The summed E-state index contributed by atoms with van der Waals surface area (Å²) in [4.78, 5) is 16.0. The topological polar surface area (TPSA) is 83.6 Å². The van der Waals surface area contributed by atoms with E-state index in [1.54, 1.807) is 6.20 Å². The summed E-state index contributed by atoms with van der Waals surface area (Å²) < 4.78 is 0. The molecule has 104 valence electrons. The van der Waals surface area contributed by atoms with E-state index in [-0.39, 0.29) is 11.6 Å². The van der Waals surface area contributed by atoms with E-state index in [0.29, 0.717) is 6.54 Å². The molecule has 0 fully saturated rings. The van der Waals surface area contributed by atoms with Gasteiger partial charge in [0.25, 0.3) is 5.91 Å². The summed E-state index contributed by atoms with van der Waals surface area (Å²) in [6.45, 7) is 0.439. The summed E-state index contributed by atoms with van der Waals surface area (Å²) in [5.41, 5.74) is 3.25. The van der Waals surface area contributed by atoms with Gasteiger partial charge in [0.2, 0.25) is 0 Å². The lowest BCUT2D eigenvalue weighted by Gasteiger charge is -2.05. The molecule has 0 bridgehead atoms. The first-order valence-corrected chi connectivity index (χ1v) is 6.47. The predicted octanol–water partition coefficient (Wildman–Crippen LogP) is 1.80. The summed E-state index contributed by atoms with van der Waals surface area (Å²) in [7, 11) is 0. The number of carbonyl (C=O) groups is 1. The second kappa shape index (κ2) is 5.96. The smallest absolute Gasteiger partial charge is 0.273 e. The maximum absolute atomic E-state index is 11.7. The van der Waals surface area contributed by atoms with Crippen LogP contribution < -0.4 is 5.32 Å². The molecule has 1 amide bonds. The first-order valence-electron chi connectivity index (χ1n) is 6.47. The van der Waals surface area contributed by atoms with Gasteiger partial charge in [-0.1, -0.05) is 30.3 Å². The Bertz CT molecular complexity index is 708. The van der Waals surface area contributed by atoms with Crippen LogP contribution in [0.25, 0.3) is 11.3 Å². The Kier molecular flexibility index (Phi) is 3.68. The number of nitrogens with zero attached hydrogens (tertiary/aromatic N) is 3. The number of H-pyrrole nitrogens is 1. The zero-order valence-corrected chi connectivity index (χ0v) is 11.2. The van der Waals surface area contributed by atoms with Gasteiger partial charge in [-0.25, -0.2) is 0 Å². The molecule has 0 aliphatic rings. The minimum Gasteiger partial charge on any atom is -0.347 e. The fraction of sp³-hybridized carbons (Fsp3) is 0.0667. The van der Waals surface area contributed by atoms with Gasteiger partial charge in [0, 0.05) is 18.3 Å². The summed E-state index contributed by atoms with van der Waals surface area (Å²) in [5.74, 6) is -0.252. The number of benzene rings is 1. The first kappa shape index (κ1) is 13.0. The molecule has 3 rings (SSSR count). The number of carbonyl (C=O) groups excluding carboxylic acids is 1. The van der Waals surface area contributed by atoms with Crippen molar-refractivity contribution in [2.75, 3.05) is 0 Å². The fourth-order valence-electron chi connectivity index (χ4n) is 1.91. The highest BCUT2D eigenvalue weighted by Gasteiger charge is 2.07. The number of rotatable bonds is 4. The van der Waals surface area contributed by atoms with Crippen LogP contribution in [0.15, 0.2) is 54.9 Å². The van der Waals surface area contributed by atoms with Crippen LogP contribution in [0.5, 0.6) is 0 Å². The summed E-state index contributed by atoms with van der Waals surface area (Å²) in [6, 6.07) is 13.7. The molecule has 0 spiro atoms. The molecule has 2 heterocycles. The van der Waals surface area contributed by atoms with E-state index in [2.05, 4.69) is 25.7 Å². The SMILES string of the molecule is O=C(NCc1ccc(-c2ccccn2)cc1)c1cn[nH]n1. The number of hydrogen-bond donors (Lipinski definition) is 2. The molecule has 21 heavy (non-hydrogen) atoms. The normalized spacial score (nSPS) is 10.3. The molecule has 1 aromatic carbocycles. The maximum atomic E-state index is 11.7. The molecule has 2 N–H and O–H groups in total. The molecule has 0 saturated heterocycles. The van der Waals surface area contributed by atoms with Crippen molar-refractivity contribution < 1.29 is 4.79 Å². The zero-order chi connectivity index (χ0) is 14.5. The molecule has 2 aromatic heterocycles. The molecule has 6 nitrogen and oxygen atoms in total. The first-order chi connectivity index (χ1) is 10.3. The van der Waals surface area contributed by atoms with Crippen molar-refractivity contribution in [1.82, 2.24) is 25.7 Å². The van der Waals surface area contributed by atoms with Crippen molar-refractivity contribution in [2.24, 2.45) is 0 Å². The van der Waals surface area contributed by atoms with Gasteiger partial charge in [0.15, 0.2) is 5.69 Å². The highest BCUT2D eigenvalue weighted by atomic mass is 16.1. The number of hydrogen-bond acceptors (Lipinski definition) is 4. The number of amides is 1. The van der Waals surface area contributed by atoms with Gasteiger partial charge in [0.1, 0.15) is 0 Å². The average molecular weight is 279 g/mol. The Morgan fingerprint density at radius 3 is 2.67 bits per heavy atom. The van der Waals surface area contributed by atoms with E-state index in [1.165, 1.54) is 6.20 Å². The van der Waals surface area contributed by atoms with Gasteiger partial charge in [-0.3, -0.25) is 9.78 Å². The fourth-order valence-corrected chi connectivity index (χ4v) is 1.91. The van der Waals surface area contributed by atoms with Crippen LogP contribution in [0.1, 0.15) is 16.1 Å². The van der Waals surface area contributed by atoms with Gasteiger partial charge >= 0.3 is 0 Å². The summed E-state index contributed by atoms with van der Waals surface area (Å²) in [5, 5.41) is 12.5. The van der Waals surface area contributed by atoms with Crippen molar-refractivity contribution in [3.8, 4) is 11.3 Å².